The number of aryl methyl sites for hydroxylation is 1. The third-order valence-electron chi connectivity index (χ3n) is 5.44. The fourth-order valence-electron chi connectivity index (χ4n) is 3.53. The number of carbonyl (C=O) groups excluding carboxylic acids is 2. The molecule has 32 heavy (non-hydrogen) atoms. The first-order chi connectivity index (χ1) is 15.2. The highest BCUT2D eigenvalue weighted by atomic mass is 32.2. The van der Waals surface area contributed by atoms with E-state index in [1.165, 1.54) is 25.4 Å². The Hall–Kier alpha value is -3.72. The zero-order valence-corrected chi connectivity index (χ0v) is 18.6. The SMILES string of the molecule is COc1ccc(CN2C(=O)c3cccnc3C2=O)cc1S(=O)(=O)Nc1cccc(C)c1C. The summed E-state index contributed by atoms with van der Waals surface area (Å²) in [6.07, 6.45) is 1.45. The highest BCUT2D eigenvalue weighted by Crippen LogP contribution is 2.30. The van der Waals surface area contributed by atoms with Gasteiger partial charge in [0.05, 0.1) is 24.9 Å². The fraction of sp³-hybridized carbons (Fsp3) is 0.174. The number of methoxy groups -OCH3 is 1. The third kappa shape index (κ3) is 3.71. The van der Waals surface area contributed by atoms with Crippen molar-refractivity contribution >= 4 is 27.5 Å². The largest absolute Gasteiger partial charge is 0.495 e. The Morgan fingerprint density at radius 3 is 2.53 bits per heavy atom. The Kier molecular flexibility index (Phi) is 5.43. The number of anilines is 1. The fourth-order valence-corrected chi connectivity index (χ4v) is 4.87. The molecule has 0 saturated heterocycles. The summed E-state index contributed by atoms with van der Waals surface area (Å²) < 4.78 is 34.3. The minimum atomic E-state index is -4.01. The number of rotatable bonds is 6. The maximum atomic E-state index is 13.2. The summed E-state index contributed by atoms with van der Waals surface area (Å²) in [5.41, 5.74) is 3.01. The summed E-state index contributed by atoms with van der Waals surface area (Å²) in [7, 11) is -2.63. The molecule has 1 N–H and O–H groups in total. The Morgan fingerprint density at radius 1 is 1.03 bits per heavy atom. The molecule has 0 aliphatic carbocycles. The van der Waals surface area contributed by atoms with Crippen LogP contribution < -0.4 is 9.46 Å². The number of nitrogens with zero attached hydrogens (tertiary/aromatic N) is 2. The van der Waals surface area contributed by atoms with Crippen LogP contribution in [0.15, 0.2) is 59.6 Å². The number of amides is 2. The van der Waals surface area contributed by atoms with E-state index in [1.807, 2.05) is 19.9 Å². The van der Waals surface area contributed by atoms with Gasteiger partial charge in [0.15, 0.2) is 0 Å². The normalized spacial score (nSPS) is 13.3. The topological polar surface area (TPSA) is 106 Å². The number of nitrogens with one attached hydrogen (secondary N) is 1. The van der Waals surface area contributed by atoms with Crippen LogP contribution in [0.2, 0.25) is 0 Å². The molecule has 2 heterocycles. The number of pyridine rings is 1. The molecule has 0 radical (unpaired) electrons. The maximum Gasteiger partial charge on any atom is 0.280 e. The van der Waals surface area contributed by atoms with Crippen molar-refractivity contribution in [1.82, 2.24) is 9.88 Å². The zero-order valence-electron chi connectivity index (χ0n) is 17.7. The van der Waals surface area contributed by atoms with Crippen LogP contribution in [0.4, 0.5) is 5.69 Å². The van der Waals surface area contributed by atoms with Crippen LogP contribution in [0.25, 0.3) is 0 Å². The molecule has 164 valence electrons. The van der Waals surface area contributed by atoms with E-state index in [0.717, 1.165) is 16.0 Å². The molecule has 1 aromatic heterocycles. The molecule has 0 fully saturated rings. The van der Waals surface area contributed by atoms with Crippen LogP contribution in [-0.4, -0.2) is 37.2 Å². The highest BCUT2D eigenvalue weighted by molar-refractivity contribution is 7.92. The average Bonchev–Trinajstić information content (AvgIpc) is 3.02. The lowest BCUT2D eigenvalue weighted by Crippen LogP contribution is -2.29. The van der Waals surface area contributed by atoms with E-state index in [2.05, 4.69) is 9.71 Å². The van der Waals surface area contributed by atoms with Gasteiger partial charge in [-0.1, -0.05) is 18.2 Å². The van der Waals surface area contributed by atoms with E-state index in [4.69, 9.17) is 4.74 Å². The summed E-state index contributed by atoms with van der Waals surface area (Å²) in [5.74, 6) is -0.832. The molecule has 0 atom stereocenters. The summed E-state index contributed by atoms with van der Waals surface area (Å²) in [6, 6.07) is 13.0. The van der Waals surface area contributed by atoms with Crippen LogP contribution >= 0.6 is 0 Å². The molecule has 2 amide bonds. The predicted octanol–water partition coefficient (Wildman–Crippen LogP) is 3.30. The standard InChI is InChI=1S/C23H21N3O5S/c1-14-6-4-8-18(15(14)2)25-32(29,30)20-12-16(9-10-19(20)31-3)13-26-22(27)17-7-5-11-24-21(17)23(26)28/h4-12,25H,13H2,1-3H3. The van der Waals surface area contributed by atoms with Crippen molar-refractivity contribution in [3.05, 3.63) is 82.7 Å². The minimum absolute atomic E-state index is 0.0897. The highest BCUT2D eigenvalue weighted by Gasteiger charge is 2.36. The molecule has 3 aromatic rings. The first-order valence-electron chi connectivity index (χ1n) is 9.80. The number of imide groups is 1. The van der Waals surface area contributed by atoms with Crippen LogP contribution in [0, 0.1) is 13.8 Å². The van der Waals surface area contributed by atoms with Gasteiger partial charge in [0, 0.05) is 6.20 Å². The van der Waals surface area contributed by atoms with E-state index in [1.54, 1.807) is 30.3 Å². The molecule has 9 heteroatoms. The monoisotopic (exact) mass is 451 g/mol. The molecular weight excluding hydrogens is 430 g/mol. The van der Waals surface area contributed by atoms with Gasteiger partial charge in [-0.3, -0.25) is 24.2 Å². The summed E-state index contributed by atoms with van der Waals surface area (Å²) in [5, 5.41) is 0. The first kappa shape index (κ1) is 21.5. The average molecular weight is 452 g/mol. The predicted molar refractivity (Wildman–Crippen MR) is 118 cm³/mol. The van der Waals surface area contributed by atoms with Crippen LogP contribution in [0.1, 0.15) is 37.5 Å². The molecular formula is C23H21N3O5S. The number of benzene rings is 2. The van der Waals surface area contributed by atoms with Gasteiger partial charge in [-0.15, -0.1) is 0 Å². The van der Waals surface area contributed by atoms with Crippen molar-refractivity contribution in [2.45, 2.75) is 25.3 Å². The third-order valence-corrected chi connectivity index (χ3v) is 6.82. The first-order valence-corrected chi connectivity index (χ1v) is 11.3. The molecule has 1 aliphatic heterocycles. The zero-order chi connectivity index (χ0) is 23.0. The van der Waals surface area contributed by atoms with E-state index in [0.29, 0.717) is 11.3 Å². The molecule has 4 rings (SSSR count). The Labute approximate surface area is 185 Å². The second kappa shape index (κ2) is 8.08. The van der Waals surface area contributed by atoms with Gasteiger partial charge < -0.3 is 4.74 Å². The number of ether oxygens (including phenoxy) is 1. The lowest BCUT2D eigenvalue weighted by atomic mass is 10.1. The summed E-state index contributed by atoms with van der Waals surface area (Å²) >= 11 is 0. The maximum absolute atomic E-state index is 13.2. The van der Waals surface area contributed by atoms with Crippen molar-refractivity contribution < 1.29 is 22.7 Å². The lowest BCUT2D eigenvalue weighted by Gasteiger charge is -2.17. The van der Waals surface area contributed by atoms with Crippen molar-refractivity contribution in [1.29, 1.82) is 0 Å². The van der Waals surface area contributed by atoms with Crippen molar-refractivity contribution in [2.75, 3.05) is 11.8 Å². The quantitative estimate of drug-likeness (QED) is 0.577. The number of hydrogen-bond donors (Lipinski definition) is 1. The Bertz CT molecular complexity index is 1320. The van der Waals surface area contributed by atoms with Crippen molar-refractivity contribution in [3.8, 4) is 5.75 Å². The molecule has 0 bridgehead atoms. The van der Waals surface area contributed by atoms with Crippen LogP contribution in [0.3, 0.4) is 0 Å². The van der Waals surface area contributed by atoms with Gasteiger partial charge in [-0.25, -0.2) is 8.42 Å². The summed E-state index contributed by atoms with van der Waals surface area (Å²) in [6.45, 7) is 3.63. The van der Waals surface area contributed by atoms with Gasteiger partial charge >= 0.3 is 0 Å². The number of fused-ring (bicyclic) bond motifs is 1. The smallest absolute Gasteiger partial charge is 0.280 e. The van der Waals surface area contributed by atoms with Crippen LogP contribution in [-0.2, 0) is 16.6 Å². The van der Waals surface area contributed by atoms with Gasteiger partial charge in [0.1, 0.15) is 16.3 Å². The van der Waals surface area contributed by atoms with Gasteiger partial charge in [0.25, 0.3) is 21.8 Å². The molecule has 1 aliphatic rings. The molecule has 0 saturated carbocycles. The minimum Gasteiger partial charge on any atom is -0.495 e. The van der Waals surface area contributed by atoms with E-state index < -0.39 is 21.8 Å². The second-order valence-corrected chi connectivity index (χ2v) is 9.09. The van der Waals surface area contributed by atoms with E-state index in [9.17, 15) is 18.0 Å². The summed E-state index contributed by atoms with van der Waals surface area (Å²) in [4.78, 5) is 30.2. The van der Waals surface area contributed by atoms with E-state index >= 15 is 0 Å². The van der Waals surface area contributed by atoms with Crippen molar-refractivity contribution in [3.63, 3.8) is 0 Å². The van der Waals surface area contributed by atoms with Gasteiger partial charge in [0.2, 0.25) is 0 Å². The number of sulfonamides is 1. The Balaban J connectivity index is 1.67. The van der Waals surface area contributed by atoms with Gasteiger partial charge in [-0.2, -0.15) is 0 Å². The number of hydrogen-bond acceptors (Lipinski definition) is 6. The molecule has 0 spiro atoms. The molecule has 2 aromatic carbocycles. The van der Waals surface area contributed by atoms with E-state index in [-0.39, 0.29) is 28.4 Å². The van der Waals surface area contributed by atoms with Crippen LogP contribution in [0.5, 0.6) is 5.75 Å². The Morgan fingerprint density at radius 2 is 1.81 bits per heavy atom. The number of carbonyl (C=O) groups is 2. The van der Waals surface area contributed by atoms with Gasteiger partial charge in [-0.05, 0) is 60.9 Å². The molecule has 8 nitrogen and oxygen atoms in total. The lowest BCUT2D eigenvalue weighted by molar-refractivity contribution is 0.0640. The van der Waals surface area contributed by atoms with Crippen molar-refractivity contribution in [2.24, 2.45) is 0 Å². The second-order valence-electron chi connectivity index (χ2n) is 7.43. The number of aromatic nitrogens is 1. The molecule has 0 unspecified atom stereocenters.